The summed E-state index contributed by atoms with van der Waals surface area (Å²) in [6.45, 7) is 3.76. The minimum Gasteiger partial charge on any atom is -0.378 e. The fraction of sp³-hybridized carbons (Fsp3) is 0.562. The summed E-state index contributed by atoms with van der Waals surface area (Å²) in [4.78, 5) is 16.3. The third-order valence-electron chi connectivity index (χ3n) is 4.33. The first-order chi connectivity index (χ1) is 10.9. The van der Waals surface area contributed by atoms with Crippen molar-refractivity contribution in [1.82, 2.24) is 0 Å². The fourth-order valence-electron chi connectivity index (χ4n) is 3.05. The van der Waals surface area contributed by atoms with Crippen molar-refractivity contribution in [1.29, 1.82) is 0 Å². The molecule has 1 aromatic rings. The van der Waals surface area contributed by atoms with Gasteiger partial charge in [-0.15, -0.1) is 0 Å². The van der Waals surface area contributed by atoms with Gasteiger partial charge < -0.3 is 14.5 Å². The molecule has 23 heavy (non-hydrogen) atoms. The Labute approximate surface area is 136 Å². The molecule has 2 aliphatic rings. The van der Waals surface area contributed by atoms with Gasteiger partial charge in [-0.2, -0.15) is 0 Å². The summed E-state index contributed by atoms with van der Waals surface area (Å²) in [6.07, 6.45) is 2.03. The minimum absolute atomic E-state index is 0.0417. The second kappa shape index (κ2) is 6.49. The smallest absolute Gasteiger partial charge is 0.228 e. The Morgan fingerprint density at radius 1 is 1.22 bits per heavy atom. The van der Waals surface area contributed by atoms with Gasteiger partial charge in [0.2, 0.25) is 5.91 Å². The average Bonchev–Trinajstić information content (AvgIpc) is 2.96. The van der Waals surface area contributed by atoms with E-state index in [9.17, 15) is 13.2 Å². The summed E-state index contributed by atoms with van der Waals surface area (Å²) < 4.78 is 27.9. The van der Waals surface area contributed by atoms with Crippen LogP contribution in [0.15, 0.2) is 18.2 Å². The third kappa shape index (κ3) is 3.84. The summed E-state index contributed by atoms with van der Waals surface area (Å²) in [5.74, 6) is -0.214. The molecule has 2 heterocycles. The summed E-state index contributed by atoms with van der Waals surface area (Å²) in [7, 11) is -3.12. The number of sulfone groups is 1. The SMILES string of the molecule is CS(=O)(=O)CCC(=O)N1CCc2ccc(N3CCOCC3)cc21. The van der Waals surface area contributed by atoms with E-state index in [0.29, 0.717) is 19.8 Å². The molecule has 0 aliphatic carbocycles. The molecule has 0 N–H and O–H groups in total. The van der Waals surface area contributed by atoms with Gasteiger partial charge in [0.05, 0.1) is 19.0 Å². The van der Waals surface area contributed by atoms with Crippen molar-refractivity contribution in [3.63, 3.8) is 0 Å². The first kappa shape index (κ1) is 16.3. The predicted octanol–water partition coefficient (Wildman–Crippen LogP) is 0.847. The van der Waals surface area contributed by atoms with Crippen molar-refractivity contribution < 1.29 is 17.9 Å². The van der Waals surface area contributed by atoms with Crippen molar-refractivity contribution in [2.45, 2.75) is 12.8 Å². The number of anilines is 2. The Balaban J connectivity index is 1.76. The van der Waals surface area contributed by atoms with E-state index in [1.807, 2.05) is 6.07 Å². The first-order valence-corrected chi connectivity index (χ1v) is 9.94. The van der Waals surface area contributed by atoms with E-state index in [1.165, 1.54) is 0 Å². The molecule has 3 rings (SSSR count). The summed E-state index contributed by atoms with van der Waals surface area (Å²) >= 11 is 0. The molecule has 1 amide bonds. The van der Waals surface area contributed by atoms with E-state index in [0.717, 1.165) is 42.7 Å². The predicted molar refractivity (Wildman–Crippen MR) is 89.9 cm³/mol. The Hall–Kier alpha value is -1.60. The van der Waals surface area contributed by atoms with Crippen LogP contribution in [0.5, 0.6) is 0 Å². The zero-order chi connectivity index (χ0) is 16.4. The second-order valence-corrected chi connectivity index (χ2v) is 8.35. The van der Waals surface area contributed by atoms with Gasteiger partial charge in [-0.05, 0) is 24.1 Å². The van der Waals surface area contributed by atoms with Crippen LogP contribution < -0.4 is 9.80 Å². The van der Waals surface area contributed by atoms with Crippen LogP contribution >= 0.6 is 0 Å². The summed E-state index contributed by atoms with van der Waals surface area (Å²) in [5, 5.41) is 0. The number of fused-ring (bicyclic) bond motifs is 1. The Morgan fingerprint density at radius 2 is 1.96 bits per heavy atom. The highest BCUT2D eigenvalue weighted by atomic mass is 32.2. The number of amides is 1. The zero-order valence-corrected chi connectivity index (χ0v) is 14.1. The zero-order valence-electron chi connectivity index (χ0n) is 13.3. The van der Waals surface area contributed by atoms with Crippen LogP contribution in [-0.2, 0) is 25.8 Å². The average molecular weight is 338 g/mol. The molecule has 1 aromatic carbocycles. The maximum atomic E-state index is 12.4. The van der Waals surface area contributed by atoms with Crippen molar-refractivity contribution in [2.75, 3.05) is 54.7 Å². The maximum Gasteiger partial charge on any atom is 0.228 e. The number of benzene rings is 1. The highest BCUT2D eigenvalue weighted by molar-refractivity contribution is 7.90. The molecule has 1 fully saturated rings. The number of hydrogen-bond donors (Lipinski definition) is 0. The van der Waals surface area contributed by atoms with Crippen LogP contribution in [0.25, 0.3) is 0 Å². The van der Waals surface area contributed by atoms with Gasteiger partial charge in [0.25, 0.3) is 0 Å². The van der Waals surface area contributed by atoms with Gasteiger partial charge in [0.1, 0.15) is 9.84 Å². The highest BCUT2D eigenvalue weighted by Gasteiger charge is 2.26. The lowest BCUT2D eigenvalue weighted by atomic mass is 10.1. The first-order valence-electron chi connectivity index (χ1n) is 7.88. The van der Waals surface area contributed by atoms with Crippen LogP contribution in [-0.4, -0.2) is 59.2 Å². The molecular weight excluding hydrogens is 316 g/mol. The minimum atomic E-state index is -3.12. The summed E-state index contributed by atoms with van der Waals surface area (Å²) in [6, 6.07) is 6.21. The molecule has 0 unspecified atom stereocenters. The molecule has 0 aromatic heterocycles. The number of morpholine rings is 1. The fourth-order valence-corrected chi connectivity index (χ4v) is 3.60. The molecule has 0 saturated carbocycles. The van der Waals surface area contributed by atoms with Gasteiger partial charge in [-0.25, -0.2) is 8.42 Å². The molecule has 7 heteroatoms. The lowest BCUT2D eigenvalue weighted by molar-refractivity contribution is -0.118. The van der Waals surface area contributed by atoms with Crippen molar-refractivity contribution in [2.24, 2.45) is 0 Å². The van der Waals surface area contributed by atoms with E-state index in [1.54, 1.807) is 4.90 Å². The van der Waals surface area contributed by atoms with Crippen molar-refractivity contribution >= 4 is 27.1 Å². The number of rotatable bonds is 4. The standard InChI is InChI=1S/C16H22N2O4S/c1-23(20,21)11-5-16(19)18-6-4-13-2-3-14(12-15(13)18)17-7-9-22-10-8-17/h2-3,12H,4-11H2,1H3. The largest absolute Gasteiger partial charge is 0.378 e. The Kier molecular flexibility index (Phi) is 4.59. The topological polar surface area (TPSA) is 66.9 Å². The van der Waals surface area contributed by atoms with Crippen LogP contribution in [0.1, 0.15) is 12.0 Å². The molecule has 0 bridgehead atoms. The number of carbonyl (C=O) groups excluding carboxylic acids is 1. The Morgan fingerprint density at radius 3 is 2.65 bits per heavy atom. The van der Waals surface area contributed by atoms with E-state index in [-0.39, 0.29) is 18.1 Å². The van der Waals surface area contributed by atoms with Crippen LogP contribution in [0.3, 0.4) is 0 Å². The molecule has 6 nitrogen and oxygen atoms in total. The van der Waals surface area contributed by atoms with Gasteiger partial charge in [0.15, 0.2) is 0 Å². The van der Waals surface area contributed by atoms with Gasteiger partial charge >= 0.3 is 0 Å². The molecule has 2 aliphatic heterocycles. The molecular formula is C16H22N2O4S. The molecule has 0 radical (unpaired) electrons. The lowest BCUT2D eigenvalue weighted by Gasteiger charge is -2.29. The number of ether oxygens (including phenoxy) is 1. The van der Waals surface area contributed by atoms with Crippen LogP contribution in [0.4, 0.5) is 11.4 Å². The molecule has 126 valence electrons. The van der Waals surface area contributed by atoms with Crippen LogP contribution in [0.2, 0.25) is 0 Å². The normalized spacial score (nSPS) is 18.1. The van der Waals surface area contributed by atoms with Gasteiger partial charge in [-0.1, -0.05) is 6.07 Å². The maximum absolute atomic E-state index is 12.4. The molecule has 0 atom stereocenters. The van der Waals surface area contributed by atoms with Crippen molar-refractivity contribution in [3.8, 4) is 0 Å². The number of nitrogens with zero attached hydrogens (tertiary/aromatic N) is 2. The third-order valence-corrected chi connectivity index (χ3v) is 5.27. The Bertz CT molecular complexity index is 696. The number of hydrogen-bond acceptors (Lipinski definition) is 5. The lowest BCUT2D eigenvalue weighted by Crippen LogP contribution is -2.36. The van der Waals surface area contributed by atoms with E-state index >= 15 is 0 Å². The van der Waals surface area contributed by atoms with E-state index < -0.39 is 9.84 Å². The quantitative estimate of drug-likeness (QED) is 0.814. The van der Waals surface area contributed by atoms with E-state index in [2.05, 4.69) is 17.0 Å². The molecule has 1 saturated heterocycles. The molecule has 0 spiro atoms. The van der Waals surface area contributed by atoms with Gasteiger partial charge in [-0.3, -0.25) is 4.79 Å². The van der Waals surface area contributed by atoms with Gasteiger partial charge in [0, 0.05) is 43.7 Å². The summed E-state index contributed by atoms with van der Waals surface area (Å²) in [5.41, 5.74) is 3.16. The van der Waals surface area contributed by atoms with E-state index in [4.69, 9.17) is 4.74 Å². The second-order valence-electron chi connectivity index (χ2n) is 6.09. The monoisotopic (exact) mass is 338 g/mol. The highest BCUT2D eigenvalue weighted by Crippen LogP contribution is 2.33. The number of carbonyl (C=O) groups is 1. The van der Waals surface area contributed by atoms with Crippen molar-refractivity contribution in [3.05, 3.63) is 23.8 Å². The van der Waals surface area contributed by atoms with Crippen LogP contribution in [0, 0.1) is 0 Å².